The van der Waals surface area contributed by atoms with E-state index in [4.69, 9.17) is 4.74 Å². The summed E-state index contributed by atoms with van der Waals surface area (Å²) in [5.41, 5.74) is 0.350. The molecule has 1 saturated heterocycles. The molecule has 2 aromatic rings. The van der Waals surface area contributed by atoms with Crippen LogP contribution in [0.1, 0.15) is 29.0 Å². The van der Waals surface area contributed by atoms with Crippen LogP contribution in [-0.4, -0.2) is 55.5 Å². The van der Waals surface area contributed by atoms with Gasteiger partial charge in [-0.05, 0) is 31.0 Å². The standard InChI is InChI=1S/C17H22N4O4S/c1-25-14-5-3-9-21(12-14)17(22)13-4-2-6-15(10-13)26(23,24)20-11-16-18-7-8-19-16/h2,4,6-8,10,14,20H,3,5,9,11-12H2,1H3,(H,18,19). The monoisotopic (exact) mass is 378 g/mol. The number of methoxy groups -OCH3 is 1. The van der Waals surface area contributed by atoms with Gasteiger partial charge in [0.2, 0.25) is 10.0 Å². The molecule has 1 aliphatic rings. The Hall–Kier alpha value is -2.23. The predicted molar refractivity (Wildman–Crippen MR) is 95.0 cm³/mol. The number of likely N-dealkylation sites (tertiary alicyclic amines) is 1. The Morgan fingerprint density at radius 2 is 2.31 bits per heavy atom. The molecule has 1 amide bonds. The van der Waals surface area contributed by atoms with Crippen LogP contribution in [0.3, 0.4) is 0 Å². The number of amides is 1. The van der Waals surface area contributed by atoms with E-state index in [0.717, 1.165) is 12.8 Å². The SMILES string of the molecule is COC1CCCN(C(=O)c2cccc(S(=O)(=O)NCc3ncc[nH]3)c2)C1. The molecule has 1 unspecified atom stereocenters. The third-order valence-electron chi connectivity index (χ3n) is 4.37. The molecule has 0 saturated carbocycles. The van der Waals surface area contributed by atoms with Gasteiger partial charge in [0, 0.05) is 38.2 Å². The average molecular weight is 378 g/mol. The summed E-state index contributed by atoms with van der Waals surface area (Å²) in [5.74, 6) is 0.328. The van der Waals surface area contributed by atoms with Crippen molar-refractivity contribution in [3.05, 3.63) is 48.0 Å². The van der Waals surface area contributed by atoms with Gasteiger partial charge in [0.15, 0.2) is 0 Å². The summed E-state index contributed by atoms with van der Waals surface area (Å²) in [4.78, 5) is 21.3. The number of ether oxygens (including phenoxy) is 1. The van der Waals surface area contributed by atoms with E-state index in [1.54, 1.807) is 36.5 Å². The van der Waals surface area contributed by atoms with Gasteiger partial charge in [0.25, 0.3) is 5.91 Å². The first-order valence-corrected chi connectivity index (χ1v) is 9.88. The minimum atomic E-state index is -3.74. The molecule has 0 aliphatic carbocycles. The molecule has 2 N–H and O–H groups in total. The van der Waals surface area contributed by atoms with Crippen LogP contribution in [0, 0.1) is 0 Å². The van der Waals surface area contributed by atoms with Crippen molar-refractivity contribution in [3.63, 3.8) is 0 Å². The highest BCUT2D eigenvalue weighted by atomic mass is 32.2. The summed E-state index contributed by atoms with van der Waals surface area (Å²) in [7, 11) is -2.11. The molecule has 0 radical (unpaired) electrons. The van der Waals surface area contributed by atoms with E-state index in [0.29, 0.717) is 24.5 Å². The van der Waals surface area contributed by atoms with Crippen LogP contribution >= 0.6 is 0 Å². The molecule has 0 spiro atoms. The maximum absolute atomic E-state index is 12.7. The smallest absolute Gasteiger partial charge is 0.253 e. The van der Waals surface area contributed by atoms with Crippen LogP contribution in [0.4, 0.5) is 0 Å². The lowest BCUT2D eigenvalue weighted by molar-refractivity contribution is 0.0269. The largest absolute Gasteiger partial charge is 0.380 e. The Labute approximate surface area is 152 Å². The summed E-state index contributed by atoms with van der Waals surface area (Å²) in [6, 6.07) is 6.08. The van der Waals surface area contributed by atoms with Crippen molar-refractivity contribution in [1.82, 2.24) is 19.6 Å². The van der Waals surface area contributed by atoms with E-state index in [-0.39, 0.29) is 23.5 Å². The van der Waals surface area contributed by atoms with E-state index in [2.05, 4.69) is 14.7 Å². The minimum absolute atomic E-state index is 0.0228. The molecule has 2 heterocycles. The van der Waals surface area contributed by atoms with E-state index in [1.165, 1.54) is 12.1 Å². The van der Waals surface area contributed by atoms with Crippen molar-refractivity contribution in [3.8, 4) is 0 Å². The van der Waals surface area contributed by atoms with Gasteiger partial charge in [-0.2, -0.15) is 0 Å². The number of carbonyl (C=O) groups is 1. The number of carbonyl (C=O) groups excluding carboxylic acids is 1. The zero-order chi connectivity index (χ0) is 18.6. The number of aromatic nitrogens is 2. The predicted octanol–water partition coefficient (Wildman–Crippen LogP) is 1.14. The first-order valence-electron chi connectivity index (χ1n) is 8.39. The summed E-state index contributed by atoms with van der Waals surface area (Å²) >= 11 is 0. The summed E-state index contributed by atoms with van der Waals surface area (Å²) in [5, 5.41) is 0. The van der Waals surface area contributed by atoms with E-state index in [1.807, 2.05) is 0 Å². The second kappa shape index (κ2) is 7.98. The minimum Gasteiger partial charge on any atom is -0.380 e. The Morgan fingerprint density at radius 1 is 1.46 bits per heavy atom. The molecule has 8 nitrogen and oxygen atoms in total. The Morgan fingerprint density at radius 3 is 3.04 bits per heavy atom. The average Bonchev–Trinajstić information content (AvgIpc) is 3.20. The lowest BCUT2D eigenvalue weighted by Crippen LogP contribution is -2.42. The zero-order valence-corrected chi connectivity index (χ0v) is 15.3. The zero-order valence-electron chi connectivity index (χ0n) is 14.5. The molecule has 140 valence electrons. The van der Waals surface area contributed by atoms with E-state index in [9.17, 15) is 13.2 Å². The van der Waals surface area contributed by atoms with Crippen molar-refractivity contribution >= 4 is 15.9 Å². The molecule has 9 heteroatoms. The molecule has 3 rings (SSSR count). The highest BCUT2D eigenvalue weighted by Crippen LogP contribution is 2.18. The normalized spacial score (nSPS) is 18.0. The van der Waals surface area contributed by atoms with Crippen molar-refractivity contribution in [1.29, 1.82) is 0 Å². The second-order valence-corrected chi connectivity index (χ2v) is 7.91. The Balaban J connectivity index is 1.73. The maximum atomic E-state index is 12.7. The second-order valence-electron chi connectivity index (χ2n) is 6.14. The number of nitrogens with zero attached hydrogens (tertiary/aromatic N) is 2. The van der Waals surface area contributed by atoms with Crippen LogP contribution < -0.4 is 4.72 Å². The number of benzene rings is 1. The molecule has 0 bridgehead atoms. The van der Waals surface area contributed by atoms with Crippen molar-refractivity contribution in [2.24, 2.45) is 0 Å². The van der Waals surface area contributed by atoms with Gasteiger partial charge in [-0.25, -0.2) is 18.1 Å². The van der Waals surface area contributed by atoms with Gasteiger partial charge < -0.3 is 14.6 Å². The van der Waals surface area contributed by atoms with Gasteiger partial charge in [-0.15, -0.1) is 0 Å². The van der Waals surface area contributed by atoms with Crippen molar-refractivity contribution < 1.29 is 17.9 Å². The van der Waals surface area contributed by atoms with Crippen LogP contribution in [0.15, 0.2) is 41.6 Å². The fraction of sp³-hybridized carbons (Fsp3) is 0.412. The number of piperidine rings is 1. The molecular formula is C17H22N4O4S. The Kier molecular flexibility index (Phi) is 5.70. The third kappa shape index (κ3) is 4.29. The molecule has 1 aromatic heterocycles. The number of imidazole rings is 1. The van der Waals surface area contributed by atoms with Crippen molar-refractivity contribution in [2.75, 3.05) is 20.2 Å². The molecule has 1 fully saturated rings. The topological polar surface area (TPSA) is 104 Å². The van der Waals surface area contributed by atoms with Crippen LogP contribution in [-0.2, 0) is 21.3 Å². The van der Waals surface area contributed by atoms with Crippen LogP contribution in [0.2, 0.25) is 0 Å². The van der Waals surface area contributed by atoms with Crippen LogP contribution in [0.5, 0.6) is 0 Å². The fourth-order valence-electron chi connectivity index (χ4n) is 2.94. The maximum Gasteiger partial charge on any atom is 0.253 e. The highest BCUT2D eigenvalue weighted by molar-refractivity contribution is 7.89. The summed E-state index contributed by atoms with van der Waals surface area (Å²) in [6.45, 7) is 1.21. The van der Waals surface area contributed by atoms with Gasteiger partial charge >= 0.3 is 0 Å². The lowest BCUT2D eigenvalue weighted by Gasteiger charge is -2.32. The number of nitrogens with one attached hydrogen (secondary N) is 2. The van der Waals surface area contributed by atoms with Gasteiger partial charge in [0.1, 0.15) is 5.82 Å². The molecular weight excluding hydrogens is 356 g/mol. The number of sulfonamides is 1. The molecule has 26 heavy (non-hydrogen) atoms. The number of H-pyrrole nitrogens is 1. The van der Waals surface area contributed by atoms with E-state index < -0.39 is 10.0 Å². The number of hydrogen-bond donors (Lipinski definition) is 2. The first-order chi connectivity index (χ1) is 12.5. The molecule has 1 atom stereocenters. The molecule has 1 aliphatic heterocycles. The third-order valence-corrected chi connectivity index (χ3v) is 5.77. The van der Waals surface area contributed by atoms with Crippen LogP contribution in [0.25, 0.3) is 0 Å². The highest BCUT2D eigenvalue weighted by Gasteiger charge is 2.25. The summed E-state index contributed by atoms with van der Waals surface area (Å²) in [6.07, 6.45) is 4.98. The molecule has 1 aromatic carbocycles. The van der Waals surface area contributed by atoms with E-state index >= 15 is 0 Å². The first kappa shape index (κ1) is 18.6. The lowest BCUT2D eigenvalue weighted by atomic mass is 10.1. The van der Waals surface area contributed by atoms with Gasteiger partial charge in [-0.1, -0.05) is 6.07 Å². The van der Waals surface area contributed by atoms with Gasteiger partial charge in [0.05, 0.1) is 17.5 Å². The quantitative estimate of drug-likeness (QED) is 0.784. The summed E-state index contributed by atoms with van der Waals surface area (Å²) < 4.78 is 32.8. The Bertz CT molecular complexity index is 851. The number of aromatic amines is 1. The van der Waals surface area contributed by atoms with Crippen molar-refractivity contribution in [2.45, 2.75) is 30.4 Å². The fourth-order valence-corrected chi connectivity index (χ4v) is 3.97. The van der Waals surface area contributed by atoms with Gasteiger partial charge in [-0.3, -0.25) is 4.79 Å². The number of rotatable bonds is 6. The number of hydrogen-bond acceptors (Lipinski definition) is 5.